The van der Waals surface area contributed by atoms with E-state index in [1.807, 2.05) is 0 Å². The molecule has 0 spiro atoms. The molecule has 3 nitrogen and oxygen atoms in total. The van der Waals surface area contributed by atoms with Gasteiger partial charge in [0.15, 0.2) is 6.17 Å². The molecule has 1 aromatic rings. The lowest BCUT2D eigenvalue weighted by Crippen LogP contribution is -2.20. The second-order valence-electron chi connectivity index (χ2n) is 2.97. The van der Waals surface area contributed by atoms with Crippen LogP contribution in [0.3, 0.4) is 0 Å². The average Bonchev–Trinajstić information content (AvgIpc) is 2.29. The summed E-state index contributed by atoms with van der Waals surface area (Å²) in [5, 5.41) is 0. The van der Waals surface area contributed by atoms with Crippen molar-refractivity contribution in [3.63, 3.8) is 0 Å². The van der Waals surface area contributed by atoms with E-state index in [9.17, 15) is 9.18 Å². The van der Waals surface area contributed by atoms with Gasteiger partial charge in [0.2, 0.25) is 0 Å². The molecular formula is C11H13FO3. The van der Waals surface area contributed by atoms with Gasteiger partial charge in [0.05, 0.1) is 7.11 Å². The van der Waals surface area contributed by atoms with E-state index in [1.54, 1.807) is 31.2 Å². The summed E-state index contributed by atoms with van der Waals surface area (Å²) in [4.78, 5) is 11.1. The number of carbonyl (C=O) groups excluding carboxylic acids is 1. The average molecular weight is 212 g/mol. The molecule has 4 heteroatoms. The molecule has 0 aromatic heterocycles. The second-order valence-corrected chi connectivity index (χ2v) is 2.97. The van der Waals surface area contributed by atoms with Gasteiger partial charge < -0.3 is 9.47 Å². The number of hydrogen-bond acceptors (Lipinski definition) is 3. The van der Waals surface area contributed by atoms with Crippen molar-refractivity contribution in [2.45, 2.75) is 19.5 Å². The lowest BCUT2D eigenvalue weighted by molar-refractivity contribution is -0.140. The van der Waals surface area contributed by atoms with E-state index in [0.29, 0.717) is 11.5 Å². The molecule has 0 aliphatic rings. The third-order valence-corrected chi connectivity index (χ3v) is 1.89. The number of methoxy groups -OCH3 is 1. The summed E-state index contributed by atoms with van der Waals surface area (Å²) < 4.78 is 22.6. The van der Waals surface area contributed by atoms with Gasteiger partial charge in [-0.2, -0.15) is 0 Å². The molecule has 0 heterocycles. The Morgan fingerprint density at radius 1 is 1.33 bits per heavy atom. The molecule has 15 heavy (non-hydrogen) atoms. The van der Waals surface area contributed by atoms with Crippen LogP contribution in [0, 0.1) is 0 Å². The SMILES string of the molecule is CCC(F)C(=O)Oc1ccc(OC)cc1. The van der Waals surface area contributed by atoms with Gasteiger partial charge in [0.1, 0.15) is 11.5 Å². The third kappa shape index (κ3) is 3.23. The number of hydrogen-bond donors (Lipinski definition) is 0. The van der Waals surface area contributed by atoms with Crippen molar-refractivity contribution in [3.8, 4) is 11.5 Å². The van der Waals surface area contributed by atoms with Crippen LogP contribution in [0.15, 0.2) is 24.3 Å². The minimum Gasteiger partial charge on any atom is -0.497 e. The zero-order chi connectivity index (χ0) is 11.3. The highest BCUT2D eigenvalue weighted by Gasteiger charge is 2.16. The number of ether oxygens (including phenoxy) is 2. The maximum absolute atomic E-state index is 12.9. The molecule has 0 amide bonds. The highest BCUT2D eigenvalue weighted by molar-refractivity contribution is 5.76. The van der Waals surface area contributed by atoms with E-state index in [0.717, 1.165) is 0 Å². The summed E-state index contributed by atoms with van der Waals surface area (Å²) >= 11 is 0. The predicted molar refractivity (Wildman–Crippen MR) is 53.8 cm³/mol. The molecule has 0 aliphatic heterocycles. The zero-order valence-corrected chi connectivity index (χ0v) is 8.70. The first kappa shape index (κ1) is 11.5. The number of alkyl halides is 1. The van der Waals surface area contributed by atoms with Gasteiger partial charge in [-0.3, -0.25) is 0 Å². The van der Waals surface area contributed by atoms with Crippen molar-refractivity contribution >= 4 is 5.97 Å². The summed E-state index contributed by atoms with van der Waals surface area (Å²) in [6.07, 6.45) is -1.44. The maximum atomic E-state index is 12.9. The van der Waals surface area contributed by atoms with Crippen LogP contribution in [0.2, 0.25) is 0 Å². The normalized spacial score (nSPS) is 11.9. The van der Waals surface area contributed by atoms with E-state index in [2.05, 4.69) is 0 Å². The molecule has 1 rings (SSSR count). The molecule has 0 N–H and O–H groups in total. The lowest BCUT2D eigenvalue weighted by atomic mass is 10.3. The summed E-state index contributed by atoms with van der Waals surface area (Å²) in [6.45, 7) is 1.58. The Morgan fingerprint density at radius 3 is 2.33 bits per heavy atom. The topological polar surface area (TPSA) is 35.5 Å². The lowest BCUT2D eigenvalue weighted by Gasteiger charge is -2.06. The summed E-state index contributed by atoms with van der Waals surface area (Å²) in [5.74, 6) is 0.113. The maximum Gasteiger partial charge on any atom is 0.346 e. The van der Waals surface area contributed by atoms with Crippen LogP contribution in [0.25, 0.3) is 0 Å². The highest BCUT2D eigenvalue weighted by Crippen LogP contribution is 2.17. The first-order valence-corrected chi connectivity index (χ1v) is 4.67. The predicted octanol–water partition coefficient (Wildman–Crippen LogP) is 2.35. The largest absolute Gasteiger partial charge is 0.497 e. The third-order valence-electron chi connectivity index (χ3n) is 1.89. The van der Waals surface area contributed by atoms with E-state index in [4.69, 9.17) is 9.47 Å². The summed E-state index contributed by atoms with van der Waals surface area (Å²) in [6, 6.07) is 6.39. The monoisotopic (exact) mass is 212 g/mol. The Labute approximate surface area is 87.8 Å². The number of carbonyl (C=O) groups is 1. The van der Waals surface area contributed by atoms with E-state index < -0.39 is 12.1 Å². The quantitative estimate of drug-likeness (QED) is 0.567. The summed E-state index contributed by atoms with van der Waals surface area (Å²) in [7, 11) is 1.54. The van der Waals surface area contributed by atoms with Gasteiger partial charge in [0.25, 0.3) is 0 Å². The van der Waals surface area contributed by atoms with Crippen LogP contribution >= 0.6 is 0 Å². The van der Waals surface area contributed by atoms with Crippen molar-refractivity contribution in [1.29, 1.82) is 0 Å². The first-order chi connectivity index (χ1) is 7.17. The number of esters is 1. The Hall–Kier alpha value is -1.58. The molecule has 1 aromatic carbocycles. The zero-order valence-electron chi connectivity index (χ0n) is 8.70. The van der Waals surface area contributed by atoms with Crippen LogP contribution in [-0.4, -0.2) is 19.3 Å². The molecule has 0 aliphatic carbocycles. The molecule has 0 bridgehead atoms. The van der Waals surface area contributed by atoms with Crippen LogP contribution in [-0.2, 0) is 4.79 Å². The highest BCUT2D eigenvalue weighted by atomic mass is 19.1. The van der Waals surface area contributed by atoms with Crippen LogP contribution in [0.5, 0.6) is 11.5 Å². The molecule has 82 valence electrons. The van der Waals surface area contributed by atoms with Crippen LogP contribution < -0.4 is 9.47 Å². The fourth-order valence-corrected chi connectivity index (χ4v) is 0.991. The molecule has 1 unspecified atom stereocenters. The molecule has 1 atom stereocenters. The van der Waals surface area contributed by atoms with E-state index in [-0.39, 0.29) is 6.42 Å². The van der Waals surface area contributed by atoms with Gasteiger partial charge in [0, 0.05) is 0 Å². The number of halogens is 1. The van der Waals surface area contributed by atoms with Gasteiger partial charge in [-0.1, -0.05) is 6.92 Å². The van der Waals surface area contributed by atoms with Gasteiger partial charge in [-0.05, 0) is 30.7 Å². The van der Waals surface area contributed by atoms with Crippen molar-refractivity contribution in [2.24, 2.45) is 0 Å². The standard InChI is InChI=1S/C11H13FO3/c1-3-10(12)11(13)15-9-6-4-8(14-2)5-7-9/h4-7,10H,3H2,1-2H3. The Morgan fingerprint density at radius 2 is 1.87 bits per heavy atom. The van der Waals surface area contributed by atoms with Crippen LogP contribution in [0.1, 0.15) is 13.3 Å². The van der Waals surface area contributed by atoms with Crippen molar-refractivity contribution in [1.82, 2.24) is 0 Å². The molecule has 0 saturated carbocycles. The van der Waals surface area contributed by atoms with Gasteiger partial charge in [-0.15, -0.1) is 0 Å². The fourth-order valence-electron chi connectivity index (χ4n) is 0.991. The summed E-state index contributed by atoms with van der Waals surface area (Å²) in [5.41, 5.74) is 0. The van der Waals surface area contributed by atoms with E-state index in [1.165, 1.54) is 7.11 Å². The smallest absolute Gasteiger partial charge is 0.346 e. The number of rotatable bonds is 4. The van der Waals surface area contributed by atoms with Gasteiger partial charge >= 0.3 is 5.97 Å². The van der Waals surface area contributed by atoms with Crippen molar-refractivity contribution < 1.29 is 18.7 Å². The Bertz CT molecular complexity index is 321. The minimum atomic E-state index is -1.56. The Balaban J connectivity index is 2.61. The minimum absolute atomic E-state index is 0.120. The molecule has 0 fully saturated rings. The molecule has 0 radical (unpaired) electrons. The van der Waals surface area contributed by atoms with Crippen molar-refractivity contribution in [2.75, 3.05) is 7.11 Å². The molecule has 0 saturated heterocycles. The second kappa shape index (κ2) is 5.34. The fraction of sp³-hybridized carbons (Fsp3) is 0.364. The number of benzene rings is 1. The Kier molecular flexibility index (Phi) is 4.09. The van der Waals surface area contributed by atoms with E-state index >= 15 is 0 Å². The first-order valence-electron chi connectivity index (χ1n) is 4.67. The molecular weight excluding hydrogens is 199 g/mol. The van der Waals surface area contributed by atoms with Crippen LogP contribution in [0.4, 0.5) is 4.39 Å². The van der Waals surface area contributed by atoms with Gasteiger partial charge in [-0.25, -0.2) is 9.18 Å². The van der Waals surface area contributed by atoms with Crippen molar-refractivity contribution in [3.05, 3.63) is 24.3 Å².